The number of aryl methyl sites for hydroxylation is 1. The predicted molar refractivity (Wildman–Crippen MR) is 66.1 cm³/mol. The zero-order valence-corrected chi connectivity index (χ0v) is 10.5. The van der Waals surface area contributed by atoms with Gasteiger partial charge in [0.1, 0.15) is 0 Å². The maximum absolute atomic E-state index is 12.6. The van der Waals surface area contributed by atoms with Crippen LogP contribution < -0.4 is 0 Å². The van der Waals surface area contributed by atoms with Crippen LogP contribution in [0.4, 0.5) is 0 Å². The van der Waals surface area contributed by atoms with Gasteiger partial charge in [0.05, 0.1) is 6.26 Å². The van der Waals surface area contributed by atoms with Crippen molar-refractivity contribution in [3.63, 3.8) is 0 Å². The Labute approximate surface area is 102 Å². The summed E-state index contributed by atoms with van der Waals surface area (Å²) in [5.74, 6) is 1.11. The van der Waals surface area contributed by atoms with Gasteiger partial charge in [-0.25, -0.2) is 0 Å². The van der Waals surface area contributed by atoms with E-state index in [-0.39, 0.29) is 11.2 Å². The maximum atomic E-state index is 12.6. The van der Waals surface area contributed by atoms with Crippen molar-refractivity contribution < 1.29 is 9.21 Å². The Hall–Kier alpha value is -1.31. The SMILES string of the molecule is C=C1CCC[C@]2(C)C(=O)c3occ(C)c3C[C@@H]12. The van der Waals surface area contributed by atoms with Crippen LogP contribution in [0.5, 0.6) is 0 Å². The molecule has 0 unspecified atom stereocenters. The van der Waals surface area contributed by atoms with Crippen LogP contribution in [0.25, 0.3) is 0 Å². The summed E-state index contributed by atoms with van der Waals surface area (Å²) in [6.45, 7) is 8.29. The smallest absolute Gasteiger partial charge is 0.204 e. The van der Waals surface area contributed by atoms with Crippen molar-refractivity contribution in [3.05, 3.63) is 35.3 Å². The second-order valence-corrected chi connectivity index (χ2v) is 5.74. The van der Waals surface area contributed by atoms with Crippen molar-refractivity contribution >= 4 is 5.78 Å². The second-order valence-electron chi connectivity index (χ2n) is 5.74. The van der Waals surface area contributed by atoms with Crippen molar-refractivity contribution in [1.82, 2.24) is 0 Å². The number of hydrogen-bond acceptors (Lipinski definition) is 2. The van der Waals surface area contributed by atoms with Crippen molar-refractivity contribution in [3.8, 4) is 0 Å². The maximum Gasteiger partial charge on any atom is 0.204 e. The number of hydrogen-bond donors (Lipinski definition) is 0. The van der Waals surface area contributed by atoms with Gasteiger partial charge < -0.3 is 4.42 Å². The van der Waals surface area contributed by atoms with E-state index in [2.05, 4.69) is 13.5 Å². The molecule has 90 valence electrons. The van der Waals surface area contributed by atoms with Crippen molar-refractivity contribution in [2.45, 2.75) is 39.5 Å². The lowest BCUT2D eigenvalue weighted by Crippen LogP contribution is -2.44. The minimum absolute atomic E-state index is 0.192. The Kier molecular flexibility index (Phi) is 2.13. The lowest BCUT2D eigenvalue weighted by molar-refractivity contribution is 0.0609. The molecule has 1 aromatic heterocycles. The topological polar surface area (TPSA) is 30.2 Å². The molecule has 0 amide bonds. The van der Waals surface area contributed by atoms with Crippen LogP contribution in [-0.2, 0) is 6.42 Å². The van der Waals surface area contributed by atoms with Crippen LogP contribution in [0, 0.1) is 18.3 Å². The molecule has 0 saturated heterocycles. The molecule has 17 heavy (non-hydrogen) atoms. The van der Waals surface area contributed by atoms with Crippen LogP contribution >= 0.6 is 0 Å². The molecule has 1 fully saturated rings. The molecule has 2 nitrogen and oxygen atoms in total. The molecule has 0 aliphatic heterocycles. The lowest BCUT2D eigenvalue weighted by atomic mass is 9.58. The standard InChI is InChI=1S/C15H18O2/c1-9-5-4-6-15(3)12(9)7-11-10(2)8-17-13(11)14(15)16/h8,12H,1,4-7H2,2-3H3/t12-,15-/m0/s1. The summed E-state index contributed by atoms with van der Waals surface area (Å²) in [5, 5.41) is 0. The van der Waals surface area contributed by atoms with Crippen LogP contribution in [0.15, 0.2) is 22.8 Å². The van der Waals surface area contributed by atoms with Crippen molar-refractivity contribution in [1.29, 1.82) is 0 Å². The largest absolute Gasteiger partial charge is 0.461 e. The van der Waals surface area contributed by atoms with Gasteiger partial charge in [-0.05, 0) is 44.1 Å². The Bertz CT molecular complexity index is 509. The molecule has 1 heterocycles. The average Bonchev–Trinajstić information content (AvgIpc) is 2.64. The van der Waals surface area contributed by atoms with E-state index in [1.54, 1.807) is 6.26 Å². The van der Waals surface area contributed by atoms with Gasteiger partial charge in [-0.1, -0.05) is 19.1 Å². The highest BCUT2D eigenvalue weighted by Crippen LogP contribution is 2.51. The highest BCUT2D eigenvalue weighted by molar-refractivity contribution is 6.01. The summed E-state index contributed by atoms with van der Waals surface area (Å²) < 4.78 is 5.47. The number of carbonyl (C=O) groups is 1. The second kappa shape index (κ2) is 3.34. The molecule has 3 rings (SSSR count). The monoisotopic (exact) mass is 230 g/mol. The molecule has 0 N–H and O–H groups in total. The van der Waals surface area contributed by atoms with E-state index in [0.29, 0.717) is 11.7 Å². The van der Waals surface area contributed by atoms with Crippen LogP contribution in [0.3, 0.4) is 0 Å². The number of furan rings is 1. The van der Waals surface area contributed by atoms with Gasteiger partial charge >= 0.3 is 0 Å². The summed E-state index contributed by atoms with van der Waals surface area (Å²) in [7, 11) is 0. The number of ketones is 1. The average molecular weight is 230 g/mol. The van der Waals surface area contributed by atoms with E-state index >= 15 is 0 Å². The van der Waals surface area contributed by atoms with E-state index < -0.39 is 0 Å². The fourth-order valence-corrected chi connectivity index (χ4v) is 3.50. The molecule has 2 aliphatic carbocycles. The Morgan fingerprint density at radius 2 is 2.29 bits per heavy atom. The molecule has 1 saturated carbocycles. The molecule has 2 heteroatoms. The van der Waals surface area contributed by atoms with Crippen molar-refractivity contribution in [2.24, 2.45) is 11.3 Å². The fraction of sp³-hybridized carbons (Fsp3) is 0.533. The first-order valence-electron chi connectivity index (χ1n) is 6.33. The quantitative estimate of drug-likeness (QED) is 0.636. The lowest BCUT2D eigenvalue weighted by Gasteiger charge is -2.44. The Balaban J connectivity index is 2.15. The van der Waals surface area contributed by atoms with Gasteiger partial charge in [-0.2, -0.15) is 0 Å². The van der Waals surface area contributed by atoms with Gasteiger partial charge in [0.15, 0.2) is 5.76 Å². The number of Topliss-reactive ketones (excluding diaryl/α,β-unsaturated/α-hetero) is 1. The van der Waals surface area contributed by atoms with Gasteiger partial charge in [0, 0.05) is 11.0 Å². The van der Waals surface area contributed by atoms with Gasteiger partial charge in [-0.15, -0.1) is 0 Å². The van der Waals surface area contributed by atoms with Gasteiger partial charge in [0.25, 0.3) is 0 Å². The normalized spacial score (nSPS) is 32.2. The molecule has 2 aliphatic rings. The summed E-state index contributed by atoms with van der Waals surface area (Å²) in [6.07, 6.45) is 5.76. The van der Waals surface area contributed by atoms with E-state index in [9.17, 15) is 4.79 Å². The third-order valence-electron chi connectivity index (χ3n) is 4.69. The summed E-state index contributed by atoms with van der Waals surface area (Å²) in [6, 6.07) is 0. The zero-order chi connectivity index (χ0) is 12.2. The van der Waals surface area contributed by atoms with E-state index in [1.165, 1.54) is 5.57 Å². The third-order valence-corrected chi connectivity index (χ3v) is 4.69. The number of rotatable bonds is 0. The highest BCUT2D eigenvalue weighted by atomic mass is 16.3. The van der Waals surface area contributed by atoms with E-state index in [4.69, 9.17) is 4.42 Å². The van der Waals surface area contributed by atoms with E-state index in [0.717, 1.165) is 36.8 Å². The fourth-order valence-electron chi connectivity index (χ4n) is 3.50. The molecule has 0 spiro atoms. The zero-order valence-electron chi connectivity index (χ0n) is 10.5. The van der Waals surface area contributed by atoms with Crippen LogP contribution in [-0.4, -0.2) is 5.78 Å². The van der Waals surface area contributed by atoms with Gasteiger partial charge in [-0.3, -0.25) is 4.79 Å². The van der Waals surface area contributed by atoms with Crippen LogP contribution in [0.2, 0.25) is 0 Å². The molecular formula is C15H18O2. The Morgan fingerprint density at radius 3 is 3.06 bits per heavy atom. The predicted octanol–water partition coefficient (Wildman–Crippen LogP) is 3.69. The number of allylic oxidation sites excluding steroid dienone is 1. The minimum atomic E-state index is -0.271. The molecule has 0 aromatic carbocycles. The molecule has 2 atom stereocenters. The first-order chi connectivity index (χ1) is 8.04. The first-order valence-corrected chi connectivity index (χ1v) is 6.33. The van der Waals surface area contributed by atoms with Gasteiger partial charge in [0.2, 0.25) is 5.78 Å². The van der Waals surface area contributed by atoms with E-state index in [1.807, 2.05) is 6.92 Å². The number of carbonyl (C=O) groups excluding carboxylic acids is 1. The number of fused-ring (bicyclic) bond motifs is 2. The molecule has 1 aromatic rings. The Morgan fingerprint density at radius 1 is 1.53 bits per heavy atom. The molecular weight excluding hydrogens is 212 g/mol. The highest BCUT2D eigenvalue weighted by Gasteiger charge is 2.50. The summed E-state index contributed by atoms with van der Waals surface area (Å²) in [5.41, 5.74) is 3.19. The first kappa shape index (κ1) is 10.8. The van der Waals surface area contributed by atoms with Crippen LogP contribution in [0.1, 0.15) is 47.9 Å². The van der Waals surface area contributed by atoms with Crippen molar-refractivity contribution in [2.75, 3.05) is 0 Å². The summed E-state index contributed by atoms with van der Waals surface area (Å²) in [4.78, 5) is 12.6. The molecule has 0 bridgehead atoms. The third kappa shape index (κ3) is 1.30. The molecule has 0 radical (unpaired) electrons. The summed E-state index contributed by atoms with van der Waals surface area (Å²) >= 11 is 0. The minimum Gasteiger partial charge on any atom is -0.461 e.